The smallest absolute Gasteiger partial charge is 0.123 e. The molecular weight excluding hydrogens is 343 g/mol. The third kappa shape index (κ3) is 5.76. The van der Waals surface area contributed by atoms with E-state index in [1.54, 1.807) is 19.2 Å². The van der Waals surface area contributed by atoms with Crippen molar-refractivity contribution >= 4 is 0 Å². The monoisotopic (exact) mass is 372 g/mol. The Bertz CT molecular complexity index is 705. The molecule has 0 bridgehead atoms. The van der Waals surface area contributed by atoms with Crippen LogP contribution in [0.25, 0.3) is 0 Å². The van der Waals surface area contributed by atoms with E-state index in [1.165, 1.54) is 11.6 Å². The lowest BCUT2D eigenvalue weighted by molar-refractivity contribution is 0.0225. The van der Waals surface area contributed by atoms with Gasteiger partial charge < -0.3 is 9.47 Å². The molecule has 1 aliphatic heterocycles. The number of methoxy groups -OCH3 is 1. The number of nitrogens with zero attached hydrogens (tertiary/aromatic N) is 2. The second kappa shape index (κ2) is 9.83. The summed E-state index contributed by atoms with van der Waals surface area (Å²) in [7, 11) is 1.63. The zero-order chi connectivity index (χ0) is 19.1. The summed E-state index contributed by atoms with van der Waals surface area (Å²) in [6, 6.07) is 15.5. The van der Waals surface area contributed by atoms with Gasteiger partial charge in [0.05, 0.1) is 20.3 Å². The van der Waals surface area contributed by atoms with Gasteiger partial charge >= 0.3 is 0 Å². The zero-order valence-corrected chi connectivity index (χ0v) is 16.2. The van der Waals surface area contributed by atoms with Crippen molar-refractivity contribution in [1.82, 2.24) is 9.80 Å². The van der Waals surface area contributed by atoms with Crippen LogP contribution in [0, 0.1) is 5.82 Å². The predicted octanol–water partition coefficient (Wildman–Crippen LogP) is 3.56. The fourth-order valence-corrected chi connectivity index (χ4v) is 3.55. The number of hydrogen-bond acceptors (Lipinski definition) is 4. The first-order chi connectivity index (χ1) is 13.2. The molecular formula is C22H29FN2O2. The Kier molecular flexibility index (Phi) is 7.21. The minimum absolute atomic E-state index is 0.230. The van der Waals surface area contributed by atoms with Gasteiger partial charge in [-0.05, 0) is 30.7 Å². The van der Waals surface area contributed by atoms with Crippen LogP contribution in [0.2, 0.25) is 0 Å². The van der Waals surface area contributed by atoms with Gasteiger partial charge in [-0.25, -0.2) is 4.39 Å². The van der Waals surface area contributed by atoms with E-state index in [1.807, 2.05) is 6.07 Å². The van der Waals surface area contributed by atoms with Gasteiger partial charge in [0, 0.05) is 44.3 Å². The van der Waals surface area contributed by atoms with Gasteiger partial charge in [0.1, 0.15) is 11.6 Å². The maximum absolute atomic E-state index is 13.8. The first-order valence-corrected chi connectivity index (χ1v) is 9.56. The number of morpholine rings is 1. The second-order valence-corrected chi connectivity index (χ2v) is 7.11. The van der Waals surface area contributed by atoms with Gasteiger partial charge in [-0.2, -0.15) is 0 Å². The number of rotatable bonds is 8. The quantitative estimate of drug-likeness (QED) is 0.707. The van der Waals surface area contributed by atoms with Crippen molar-refractivity contribution in [3.05, 3.63) is 65.5 Å². The maximum atomic E-state index is 13.8. The van der Waals surface area contributed by atoms with Crippen molar-refractivity contribution in [3.63, 3.8) is 0 Å². The minimum Gasteiger partial charge on any atom is -0.496 e. The molecule has 5 heteroatoms. The van der Waals surface area contributed by atoms with Crippen molar-refractivity contribution in [2.24, 2.45) is 0 Å². The van der Waals surface area contributed by atoms with Crippen molar-refractivity contribution in [3.8, 4) is 5.75 Å². The Balaban J connectivity index is 1.77. The topological polar surface area (TPSA) is 24.9 Å². The predicted molar refractivity (Wildman–Crippen MR) is 105 cm³/mol. The van der Waals surface area contributed by atoms with Crippen LogP contribution in [0.1, 0.15) is 18.1 Å². The van der Waals surface area contributed by atoms with E-state index in [0.29, 0.717) is 12.6 Å². The Labute approximate surface area is 161 Å². The second-order valence-electron chi connectivity index (χ2n) is 7.11. The van der Waals surface area contributed by atoms with Crippen LogP contribution in [0.15, 0.2) is 48.5 Å². The van der Waals surface area contributed by atoms with Crippen LogP contribution in [0.5, 0.6) is 5.75 Å². The van der Waals surface area contributed by atoms with Crippen molar-refractivity contribution in [2.45, 2.75) is 26.1 Å². The molecule has 2 aromatic rings. The van der Waals surface area contributed by atoms with Crippen molar-refractivity contribution in [2.75, 3.05) is 40.0 Å². The molecule has 3 rings (SSSR count). The van der Waals surface area contributed by atoms with Crippen LogP contribution in [0.4, 0.5) is 4.39 Å². The van der Waals surface area contributed by atoms with Crippen LogP contribution < -0.4 is 4.74 Å². The number of hydrogen-bond donors (Lipinski definition) is 0. The van der Waals surface area contributed by atoms with Crippen molar-refractivity contribution < 1.29 is 13.9 Å². The van der Waals surface area contributed by atoms with Crippen LogP contribution in [-0.4, -0.2) is 55.8 Å². The van der Waals surface area contributed by atoms with Gasteiger partial charge in [-0.3, -0.25) is 9.80 Å². The summed E-state index contributed by atoms with van der Waals surface area (Å²) < 4.78 is 24.8. The molecule has 146 valence electrons. The highest BCUT2D eigenvalue weighted by Gasteiger charge is 2.21. The highest BCUT2D eigenvalue weighted by atomic mass is 19.1. The molecule has 1 fully saturated rings. The van der Waals surface area contributed by atoms with Gasteiger partial charge in [0.15, 0.2) is 0 Å². The molecule has 0 aliphatic carbocycles. The van der Waals surface area contributed by atoms with E-state index in [-0.39, 0.29) is 5.82 Å². The molecule has 4 nitrogen and oxygen atoms in total. The summed E-state index contributed by atoms with van der Waals surface area (Å²) in [6.45, 7) is 8.18. The van der Waals surface area contributed by atoms with Crippen molar-refractivity contribution in [1.29, 1.82) is 0 Å². The van der Waals surface area contributed by atoms with Gasteiger partial charge in [-0.15, -0.1) is 0 Å². The zero-order valence-electron chi connectivity index (χ0n) is 16.2. The molecule has 0 N–H and O–H groups in total. The van der Waals surface area contributed by atoms with Gasteiger partial charge in [0.25, 0.3) is 0 Å². The molecule has 2 aromatic carbocycles. The molecule has 1 aliphatic rings. The summed E-state index contributed by atoms with van der Waals surface area (Å²) in [5.41, 5.74) is 2.13. The van der Waals surface area contributed by atoms with Crippen LogP contribution in [0.3, 0.4) is 0 Å². The lowest BCUT2D eigenvalue weighted by atomic mass is 10.1. The normalized spacial score (nSPS) is 16.4. The molecule has 0 radical (unpaired) electrons. The molecule has 0 saturated carbocycles. The Morgan fingerprint density at radius 2 is 1.85 bits per heavy atom. The lowest BCUT2D eigenvalue weighted by Gasteiger charge is -2.35. The van der Waals surface area contributed by atoms with E-state index in [0.717, 1.165) is 50.7 Å². The molecule has 1 saturated heterocycles. The SMILES string of the molecule is COc1ccc(F)cc1CN(Cc1ccccc1)C(C)CN1CCOCC1. The highest BCUT2D eigenvalue weighted by molar-refractivity contribution is 5.34. The first kappa shape index (κ1) is 19.8. The van der Waals surface area contributed by atoms with Gasteiger partial charge in [-0.1, -0.05) is 30.3 Å². The minimum atomic E-state index is -0.230. The Morgan fingerprint density at radius 1 is 1.11 bits per heavy atom. The summed E-state index contributed by atoms with van der Waals surface area (Å²) >= 11 is 0. The highest BCUT2D eigenvalue weighted by Crippen LogP contribution is 2.23. The fourth-order valence-electron chi connectivity index (χ4n) is 3.55. The molecule has 1 unspecified atom stereocenters. The maximum Gasteiger partial charge on any atom is 0.123 e. The van der Waals surface area contributed by atoms with Crippen LogP contribution in [-0.2, 0) is 17.8 Å². The third-order valence-electron chi connectivity index (χ3n) is 5.09. The molecule has 1 atom stereocenters. The molecule has 0 aromatic heterocycles. The molecule has 0 spiro atoms. The third-order valence-corrected chi connectivity index (χ3v) is 5.09. The van der Waals surface area contributed by atoms with E-state index in [4.69, 9.17) is 9.47 Å². The average molecular weight is 372 g/mol. The van der Waals surface area contributed by atoms with E-state index < -0.39 is 0 Å². The Hall–Kier alpha value is -1.95. The standard InChI is InChI=1S/C22H29FN2O2/c1-18(15-24-10-12-27-13-11-24)25(16-19-6-4-3-5-7-19)17-20-14-21(23)8-9-22(20)26-2/h3-9,14,18H,10-13,15-17H2,1-2H3. The fraction of sp³-hybridized carbons (Fsp3) is 0.455. The molecule has 1 heterocycles. The summed E-state index contributed by atoms with van der Waals surface area (Å²) in [5, 5.41) is 0. The van der Waals surface area contributed by atoms with Gasteiger partial charge in [0.2, 0.25) is 0 Å². The number of benzene rings is 2. The lowest BCUT2D eigenvalue weighted by Crippen LogP contribution is -2.45. The van der Waals surface area contributed by atoms with Crippen LogP contribution >= 0.6 is 0 Å². The summed E-state index contributed by atoms with van der Waals surface area (Å²) in [6.07, 6.45) is 0. The first-order valence-electron chi connectivity index (χ1n) is 9.56. The number of halogens is 1. The summed E-state index contributed by atoms with van der Waals surface area (Å²) in [5.74, 6) is 0.499. The molecule has 0 amide bonds. The summed E-state index contributed by atoms with van der Waals surface area (Å²) in [4.78, 5) is 4.83. The average Bonchev–Trinajstić information content (AvgIpc) is 2.69. The van der Waals surface area contributed by atoms with E-state index in [2.05, 4.69) is 41.0 Å². The largest absolute Gasteiger partial charge is 0.496 e. The number of ether oxygens (including phenoxy) is 2. The Morgan fingerprint density at radius 3 is 2.56 bits per heavy atom. The molecule has 27 heavy (non-hydrogen) atoms. The van der Waals surface area contributed by atoms with E-state index >= 15 is 0 Å². The van der Waals surface area contributed by atoms with E-state index in [9.17, 15) is 4.39 Å².